The van der Waals surface area contributed by atoms with E-state index in [1.165, 1.54) is 0 Å². The van der Waals surface area contributed by atoms with Gasteiger partial charge in [-0.15, -0.1) is 11.8 Å². The summed E-state index contributed by atoms with van der Waals surface area (Å²) >= 11 is 1.66. The minimum Gasteiger partial charge on any atom is -0.467 e. The molecule has 0 radical (unpaired) electrons. The Balaban J connectivity index is 2.74. The smallest absolute Gasteiger partial charge is 0.118 e. The second-order valence-electron chi connectivity index (χ2n) is 1.66. The predicted molar refractivity (Wildman–Crippen MR) is 38.4 cm³/mol. The average Bonchev–Trinajstić information content (AvgIpc) is 2.34. The Labute approximate surface area is 58.4 Å². The van der Waals surface area contributed by atoms with Crippen LogP contribution in [0, 0.1) is 0 Å². The Morgan fingerprint density at radius 1 is 1.78 bits per heavy atom. The Bertz CT molecular complexity index is 166. The second kappa shape index (κ2) is 2.94. The van der Waals surface area contributed by atoms with Crippen molar-refractivity contribution >= 4 is 11.8 Å². The minimum absolute atomic E-state index is 0.487. The lowest BCUT2D eigenvalue weighted by atomic mass is 10.5. The Hall–Kier alpha value is -0.410. The summed E-state index contributed by atoms with van der Waals surface area (Å²) in [7, 11) is 0. The van der Waals surface area contributed by atoms with Gasteiger partial charge in [0, 0.05) is 4.90 Å². The topological polar surface area (TPSA) is 39.2 Å². The maximum atomic E-state index is 5.31. The molecule has 0 bridgehead atoms. The molecule has 1 heterocycles. The molecule has 0 atom stereocenters. The molecule has 0 unspecified atom stereocenters. The van der Waals surface area contributed by atoms with Gasteiger partial charge in [0.25, 0.3) is 0 Å². The summed E-state index contributed by atoms with van der Waals surface area (Å²) in [6.45, 7) is 0.487. The van der Waals surface area contributed by atoms with Crippen molar-refractivity contribution in [2.45, 2.75) is 11.4 Å². The molecule has 9 heavy (non-hydrogen) atoms. The van der Waals surface area contributed by atoms with Crippen molar-refractivity contribution in [3.8, 4) is 0 Å². The Morgan fingerprint density at radius 3 is 2.89 bits per heavy atom. The molecule has 0 aliphatic carbocycles. The summed E-state index contributed by atoms with van der Waals surface area (Å²) in [5, 5.41) is 0. The van der Waals surface area contributed by atoms with E-state index in [1.807, 2.05) is 12.3 Å². The zero-order chi connectivity index (χ0) is 6.69. The maximum Gasteiger partial charge on any atom is 0.118 e. The fourth-order valence-corrected chi connectivity index (χ4v) is 0.968. The first-order chi connectivity index (χ1) is 4.36. The first-order valence-electron chi connectivity index (χ1n) is 2.68. The quantitative estimate of drug-likeness (QED) is 0.637. The summed E-state index contributed by atoms with van der Waals surface area (Å²) in [6, 6.07) is 1.95. The van der Waals surface area contributed by atoms with E-state index in [2.05, 4.69) is 0 Å². The molecule has 1 aromatic heterocycles. The zero-order valence-electron chi connectivity index (χ0n) is 5.26. The van der Waals surface area contributed by atoms with Crippen LogP contribution in [0.25, 0.3) is 0 Å². The van der Waals surface area contributed by atoms with E-state index in [-0.39, 0.29) is 0 Å². The van der Waals surface area contributed by atoms with E-state index in [4.69, 9.17) is 10.2 Å². The van der Waals surface area contributed by atoms with Crippen molar-refractivity contribution < 1.29 is 4.42 Å². The molecule has 0 spiro atoms. The summed E-state index contributed by atoms with van der Waals surface area (Å²) in [4.78, 5) is 1.13. The number of thioether (sulfide) groups is 1. The largest absolute Gasteiger partial charge is 0.467 e. The summed E-state index contributed by atoms with van der Waals surface area (Å²) < 4.78 is 5.06. The number of hydrogen-bond donors (Lipinski definition) is 1. The molecular weight excluding hydrogens is 134 g/mol. The molecule has 0 aliphatic rings. The molecule has 0 fully saturated rings. The monoisotopic (exact) mass is 143 g/mol. The van der Waals surface area contributed by atoms with Crippen molar-refractivity contribution in [3.05, 3.63) is 18.1 Å². The van der Waals surface area contributed by atoms with E-state index < -0.39 is 0 Å². The third kappa shape index (κ3) is 1.50. The fraction of sp³-hybridized carbons (Fsp3) is 0.333. The van der Waals surface area contributed by atoms with Gasteiger partial charge < -0.3 is 10.2 Å². The van der Waals surface area contributed by atoms with Crippen LogP contribution >= 0.6 is 11.8 Å². The highest BCUT2D eigenvalue weighted by Crippen LogP contribution is 2.16. The van der Waals surface area contributed by atoms with E-state index in [0.29, 0.717) is 6.54 Å². The van der Waals surface area contributed by atoms with Crippen molar-refractivity contribution in [3.63, 3.8) is 0 Å². The number of nitrogens with two attached hydrogens (primary N) is 1. The van der Waals surface area contributed by atoms with Crippen molar-refractivity contribution in [1.29, 1.82) is 0 Å². The molecule has 2 nitrogen and oxygen atoms in total. The lowest BCUT2D eigenvalue weighted by Crippen LogP contribution is -1.92. The highest BCUT2D eigenvalue weighted by atomic mass is 32.2. The third-order valence-electron chi connectivity index (χ3n) is 1.07. The molecule has 0 aromatic carbocycles. The lowest BCUT2D eigenvalue weighted by molar-refractivity contribution is 0.509. The molecule has 1 aromatic rings. The van der Waals surface area contributed by atoms with Gasteiger partial charge in [0.15, 0.2) is 0 Å². The minimum atomic E-state index is 0.487. The molecule has 3 heteroatoms. The van der Waals surface area contributed by atoms with Gasteiger partial charge in [0.2, 0.25) is 0 Å². The molecule has 50 valence electrons. The average molecular weight is 143 g/mol. The number of hydrogen-bond acceptors (Lipinski definition) is 3. The fourth-order valence-electron chi connectivity index (χ4n) is 0.575. The standard InChI is InChI=1S/C6H9NOS/c1-9-6-2-5(3-7)8-4-6/h2,4H,3,7H2,1H3. The molecule has 0 amide bonds. The van der Waals surface area contributed by atoms with Crippen LogP contribution < -0.4 is 5.73 Å². The highest BCUT2D eigenvalue weighted by Gasteiger charge is 1.95. The van der Waals surface area contributed by atoms with E-state index in [0.717, 1.165) is 10.7 Å². The summed E-state index contributed by atoms with van der Waals surface area (Å²) in [6.07, 6.45) is 3.72. The number of furan rings is 1. The predicted octanol–water partition coefficient (Wildman–Crippen LogP) is 1.46. The van der Waals surface area contributed by atoms with Gasteiger partial charge in [-0.1, -0.05) is 0 Å². The van der Waals surface area contributed by atoms with Gasteiger partial charge in [0.05, 0.1) is 6.54 Å². The SMILES string of the molecule is CSc1coc(CN)c1. The van der Waals surface area contributed by atoms with E-state index >= 15 is 0 Å². The Kier molecular flexibility index (Phi) is 2.19. The molecule has 0 saturated carbocycles. The third-order valence-corrected chi connectivity index (χ3v) is 1.75. The first-order valence-corrected chi connectivity index (χ1v) is 3.90. The lowest BCUT2D eigenvalue weighted by Gasteiger charge is -1.81. The van der Waals surface area contributed by atoms with Crippen LogP contribution in [0.5, 0.6) is 0 Å². The van der Waals surface area contributed by atoms with Crippen LogP contribution in [-0.4, -0.2) is 6.26 Å². The molecule has 0 saturated heterocycles. The molecular formula is C6H9NOS. The van der Waals surface area contributed by atoms with Crippen LogP contribution in [0.2, 0.25) is 0 Å². The molecule has 2 N–H and O–H groups in total. The van der Waals surface area contributed by atoms with Crippen LogP contribution in [0.4, 0.5) is 0 Å². The van der Waals surface area contributed by atoms with Gasteiger partial charge in [-0.2, -0.15) is 0 Å². The highest BCUT2D eigenvalue weighted by molar-refractivity contribution is 7.98. The maximum absolute atomic E-state index is 5.31. The van der Waals surface area contributed by atoms with Gasteiger partial charge in [0.1, 0.15) is 12.0 Å². The normalized spacial score (nSPS) is 10.0. The zero-order valence-corrected chi connectivity index (χ0v) is 6.07. The van der Waals surface area contributed by atoms with Crippen molar-refractivity contribution in [1.82, 2.24) is 0 Å². The van der Waals surface area contributed by atoms with Crippen LogP contribution in [0.15, 0.2) is 21.6 Å². The number of rotatable bonds is 2. The molecule has 0 aliphatic heterocycles. The van der Waals surface area contributed by atoms with E-state index in [9.17, 15) is 0 Å². The van der Waals surface area contributed by atoms with Crippen LogP contribution in [-0.2, 0) is 6.54 Å². The van der Waals surface area contributed by atoms with Crippen molar-refractivity contribution in [2.24, 2.45) is 5.73 Å². The molecule has 1 rings (SSSR count). The van der Waals surface area contributed by atoms with Gasteiger partial charge >= 0.3 is 0 Å². The van der Waals surface area contributed by atoms with Gasteiger partial charge in [-0.3, -0.25) is 0 Å². The first kappa shape index (κ1) is 6.71. The van der Waals surface area contributed by atoms with Crippen molar-refractivity contribution in [2.75, 3.05) is 6.26 Å². The van der Waals surface area contributed by atoms with Crippen LogP contribution in [0.3, 0.4) is 0 Å². The summed E-state index contributed by atoms with van der Waals surface area (Å²) in [5.41, 5.74) is 5.31. The summed E-state index contributed by atoms with van der Waals surface area (Å²) in [5.74, 6) is 0.847. The van der Waals surface area contributed by atoms with Gasteiger partial charge in [-0.25, -0.2) is 0 Å². The Morgan fingerprint density at radius 2 is 2.56 bits per heavy atom. The van der Waals surface area contributed by atoms with Crippen LogP contribution in [0.1, 0.15) is 5.76 Å². The van der Waals surface area contributed by atoms with Gasteiger partial charge in [-0.05, 0) is 12.3 Å². The van der Waals surface area contributed by atoms with E-state index in [1.54, 1.807) is 18.0 Å². The second-order valence-corrected chi connectivity index (χ2v) is 2.54.